The normalized spacial score (nSPS) is 53.8. The Morgan fingerprint density at radius 2 is 0.190 bits per heavy atom. The monoisotopic (exact) mass is 2040 g/mol. The van der Waals surface area contributed by atoms with Crippen LogP contribution in [0.4, 0.5) is 0 Å². The highest BCUT2D eigenvalue weighted by Crippen LogP contribution is 2.43. The lowest BCUT2D eigenvalue weighted by Gasteiger charge is -2.50. The molecular formula is C72H120O64S-2. The van der Waals surface area contributed by atoms with Crippen LogP contribution in [0.2, 0.25) is 0 Å². The molecule has 0 spiro atoms. The fourth-order valence-corrected chi connectivity index (χ4v) is 17.9. The quantitative estimate of drug-likeness (QED) is 0.0637. The number of aliphatic hydroxyl groups excluding tert-OH is 36. The summed E-state index contributed by atoms with van der Waals surface area (Å²) in [6.07, 6.45) is -117. The Balaban J connectivity index is 0.000000234. The van der Waals surface area contributed by atoms with E-state index in [0.29, 0.717) is 0 Å². The van der Waals surface area contributed by atoms with E-state index in [2.05, 4.69) is 0 Å². The number of hydrogen-bond donors (Lipinski definition) is 36. The maximum absolute atomic E-state index is 11.2. The molecule has 44 aliphatic heterocycles. The minimum Gasteiger partial charge on any atom is -0.759 e. The van der Waals surface area contributed by atoms with E-state index in [9.17, 15) is 184 Å². The Kier molecular flexibility index (Phi) is 40.2. The molecule has 0 amide bonds. The molecule has 60 atom stereocenters. The van der Waals surface area contributed by atoms with Crippen LogP contribution in [0.25, 0.3) is 0 Å². The summed E-state index contributed by atoms with van der Waals surface area (Å²) in [5, 5.41) is 391. The summed E-state index contributed by atoms with van der Waals surface area (Å²) >= 11 is 0. The molecule has 36 N–H and O–H groups in total. The van der Waals surface area contributed by atoms with E-state index in [1.807, 2.05) is 0 Å². The zero-order valence-corrected chi connectivity index (χ0v) is 71.9. The van der Waals surface area contributed by atoms with Gasteiger partial charge in [0, 0.05) is 10.4 Å². The van der Waals surface area contributed by atoms with Gasteiger partial charge in [-0.2, -0.15) is 0 Å². The third kappa shape index (κ3) is 24.1. The largest absolute Gasteiger partial charge is 0.759 e. The van der Waals surface area contributed by atoms with E-state index in [0.717, 1.165) is 0 Å². The van der Waals surface area contributed by atoms with Crippen LogP contribution in [0, 0.1) is 0 Å². The fraction of sp³-hybridized carbons (Fsp3) is 1.00. The molecule has 44 aliphatic rings. The molecule has 44 rings (SSSR count). The molecule has 0 aliphatic carbocycles. The van der Waals surface area contributed by atoms with Crippen LogP contribution in [0.5, 0.6) is 0 Å². The number of hydrogen-bond acceptors (Lipinski definition) is 64. The Bertz CT molecular complexity index is 2940. The third-order valence-corrected chi connectivity index (χ3v) is 25.3. The summed E-state index contributed by atoms with van der Waals surface area (Å²) in [5.41, 5.74) is 0. The van der Waals surface area contributed by atoms with Gasteiger partial charge in [-0.25, -0.2) is 0 Å². The van der Waals surface area contributed by atoms with E-state index in [4.69, 9.17) is 131 Å². The van der Waals surface area contributed by atoms with Gasteiger partial charge < -0.3 is 307 Å². The highest BCUT2D eigenvalue weighted by Gasteiger charge is 2.64. The molecule has 44 fully saturated rings. The zero-order chi connectivity index (χ0) is 101. The van der Waals surface area contributed by atoms with Crippen LogP contribution in [-0.2, 0) is 124 Å². The molecule has 0 saturated carbocycles. The molecule has 0 unspecified atom stereocenters. The molecule has 0 radical (unpaired) electrons. The van der Waals surface area contributed by atoms with Gasteiger partial charge in [0.2, 0.25) is 0 Å². The topological polar surface area (TPSA) is 1030 Å². The Labute approximate surface area is 771 Å². The summed E-state index contributed by atoms with van der Waals surface area (Å²) in [5.74, 6) is 0. The molecule has 64 nitrogen and oxygen atoms in total. The zero-order valence-electron chi connectivity index (χ0n) is 71.1. The van der Waals surface area contributed by atoms with Crippen LogP contribution in [-0.4, -0.2) is 649 Å². The van der Waals surface area contributed by atoms with Crippen molar-refractivity contribution in [2.45, 2.75) is 368 Å². The molecule has 0 aromatic carbocycles. The van der Waals surface area contributed by atoms with Crippen LogP contribution < -0.4 is 0 Å². The molecule has 44 heterocycles. The van der Waals surface area contributed by atoms with Crippen molar-refractivity contribution in [3.8, 4) is 0 Å². The van der Waals surface area contributed by atoms with E-state index in [-0.39, 0.29) is 0 Å². The second-order valence-electron chi connectivity index (χ2n) is 34.1. The van der Waals surface area contributed by atoms with Gasteiger partial charge in [-0.1, -0.05) is 0 Å². The van der Waals surface area contributed by atoms with Gasteiger partial charge in [0.15, 0.2) is 75.5 Å². The molecule has 137 heavy (non-hydrogen) atoms. The van der Waals surface area contributed by atoms with Gasteiger partial charge in [0.05, 0.1) is 79.3 Å². The number of rotatable bonds is 12. The lowest BCUT2D eigenvalue weighted by Crippen LogP contribution is -2.69. The maximum atomic E-state index is 11.2. The second kappa shape index (κ2) is 48.6. The highest BCUT2D eigenvalue weighted by atomic mass is 32.3. The van der Waals surface area contributed by atoms with E-state index < -0.39 is 458 Å². The minimum absolute atomic E-state index is 0.999. The molecule has 0 aromatic heterocycles. The van der Waals surface area contributed by atoms with Crippen LogP contribution in [0.1, 0.15) is 0 Å². The first-order chi connectivity index (χ1) is 64.8. The maximum Gasteiger partial charge on any atom is 0.187 e. The predicted molar refractivity (Wildman–Crippen MR) is 402 cm³/mol. The third-order valence-electron chi connectivity index (χ3n) is 25.3. The lowest BCUT2D eigenvalue weighted by atomic mass is 9.94. The standard InChI is InChI=1S/2C36H60O30.H2O4S/c2*37-1-7-25-13(43)19(49)31(55-7)62-26-8(2-38)57-33(21(51)15(26)45)64-28-10(4-40)59-35(23(53)17(28)47)66-30-12(6-42)60-36(24(54)18(30)48)65-29-11(5-41)58-34(22(52)16(29)46)63-27-9(3-39)56-32(61-25)20(50)14(27)44;1-5(2,3)4/h2*7-54H,1-6H2;(H2,1,2,3,4)/p-2/t2*7-,8-,9-,10-,11-,12-,13-,14-,15-,16-,17-,18-,19-,20-,21-,22-,23-,24-,25-,26-,27-,28-,29-,30-,31-,32-,33-,34-,35-,36-;/m11./s1. The van der Waals surface area contributed by atoms with Crippen LogP contribution in [0.3, 0.4) is 0 Å². The van der Waals surface area contributed by atoms with Gasteiger partial charge in [0.1, 0.15) is 293 Å². The molecule has 65 heteroatoms. The van der Waals surface area contributed by atoms with Crippen molar-refractivity contribution in [1.29, 1.82) is 0 Å². The highest BCUT2D eigenvalue weighted by molar-refractivity contribution is 7.79. The van der Waals surface area contributed by atoms with Gasteiger partial charge in [0.25, 0.3) is 0 Å². The molecule has 800 valence electrons. The summed E-state index contributed by atoms with van der Waals surface area (Å²) < 4.78 is 170. The SMILES string of the molecule is O=S(=O)([O-])[O-].OC[C@H]1O[C@@H]2O[C@H]3[C@H](O)[C@@H](O)[C@@H](O[C@H]4[C@H](O)[C@@H](O)[C@@H](O[C@H]5[C@H](O)[C@@H](O)[C@@H](O[C@H]6[C@H](O)[C@@H](O)[C@@H](O[C@H]7[C@H](O)[C@@H](O)[C@@H](O[C@H]1[C@H](O)[C@H]2O)O[C@@H]7CO)O[C@@H]6CO)O[C@@H]5CO)O[C@@H]4CO)O[C@@H]3CO.OC[C@H]1O[C@@H]2O[C@H]3[C@H](O)[C@@H](O)[C@@H](O[C@H]4[C@H](O)[C@@H](O)[C@@H](O[C@H]5[C@H](O)[C@@H](O)[C@@H](O[C@H]6[C@H](O)[C@@H](O)[C@@H](O[C@H]7[C@H](O)[C@@H](O)[C@@H](O[C@H]1[C@H](O)[C@H]2O)O[C@@H]7CO)O[C@@H]6CO)O[C@@H]5CO)O[C@@H]4CO)O[C@@H]3CO. The van der Waals surface area contributed by atoms with Gasteiger partial charge >= 0.3 is 0 Å². The number of ether oxygens (including phenoxy) is 24. The first-order valence-electron chi connectivity index (χ1n) is 42.9. The van der Waals surface area contributed by atoms with Crippen molar-refractivity contribution >= 4 is 10.4 Å². The lowest BCUT2D eigenvalue weighted by molar-refractivity contribution is -0.404. The average molecular weight is 2040 g/mol. The van der Waals surface area contributed by atoms with Crippen LogP contribution in [0.15, 0.2) is 0 Å². The van der Waals surface area contributed by atoms with Crippen molar-refractivity contribution < 1.29 is 315 Å². The van der Waals surface area contributed by atoms with Gasteiger partial charge in [-0.15, -0.1) is 0 Å². The van der Waals surface area contributed by atoms with E-state index in [1.54, 1.807) is 0 Å². The minimum atomic E-state index is -5.17. The van der Waals surface area contributed by atoms with E-state index in [1.165, 1.54) is 0 Å². The Hall–Kier alpha value is -2.53. The van der Waals surface area contributed by atoms with Gasteiger partial charge in [-0.3, -0.25) is 8.42 Å². The van der Waals surface area contributed by atoms with Crippen molar-refractivity contribution in [3.63, 3.8) is 0 Å². The Morgan fingerprint density at radius 3 is 0.241 bits per heavy atom. The Morgan fingerprint density at radius 1 is 0.131 bits per heavy atom. The van der Waals surface area contributed by atoms with Crippen molar-refractivity contribution in [2.24, 2.45) is 0 Å². The number of aliphatic hydroxyl groups is 36. The van der Waals surface area contributed by atoms with E-state index >= 15 is 0 Å². The summed E-state index contributed by atoms with van der Waals surface area (Å²) in [6.45, 7) is -12.0. The average Bonchev–Trinajstić information content (AvgIpc) is 0.767. The first kappa shape index (κ1) is 113. The first-order valence-corrected chi connectivity index (χ1v) is 44.2. The summed E-state index contributed by atoms with van der Waals surface area (Å²) in [6, 6.07) is 0. The van der Waals surface area contributed by atoms with Crippen molar-refractivity contribution in [3.05, 3.63) is 0 Å². The van der Waals surface area contributed by atoms with Crippen LogP contribution >= 0.6 is 0 Å². The molecule has 24 bridgehead atoms. The summed E-state index contributed by atoms with van der Waals surface area (Å²) in [4.78, 5) is 0. The van der Waals surface area contributed by atoms with Crippen molar-refractivity contribution in [1.82, 2.24) is 0 Å². The molecule has 0 aromatic rings. The summed E-state index contributed by atoms with van der Waals surface area (Å²) in [7, 11) is -5.17. The van der Waals surface area contributed by atoms with Gasteiger partial charge in [-0.05, 0) is 0 Å². The molecule has 44 saturated heterocycles. The molecular weight excluding hydrogens is 1920 g/mol. The second-order valence-corrected chi connectivity index (χ2v) is 34.9. The fourth-order valence-electron chi connectivity index (χ4n) is 17.9. The van der Waals surface area contributed by atoms with Crippen molar-refractivity contribution in [2.75, 3.05) is 79.3 Å². The smallest absolute Gasteiger partial charge is 0.187 e. The predicted octanol–water partition coefficient (Wildman–Crippen LogP) is -27.4.